The molecule has 0 amide bonds. The number of nitrogens with zero attached hydrogens (tertiary/aromatic N) is 1. The van der Waals surface area contributed by atoms with Gasteiger partial charge in [0.15, 0.2) is 0 Å². The van der Waals surface area contributed by atoms with Crippen molar-refractivity contribution in [3.05, 3.63) is 71.6 Å². The van der Waals surface area contributed by atoms with Crippen molar-refractivity contribution in [3.63, 3.8) is 0 Å². The van der Waals surface area contributed by atoms with Crippen LogP contribution in [-0.4, -0.2) is 12.0 Å². The molecule has 0 aromatic heterocycles. The maximum absolute atomic E-state index is 5.91. The fraction of sp³-hybridized carbons (Fsp3) is 0.235. The topological polar surface area (TPSA) is 36.4 Å². The molecule has 0 aromatic carbocycles. The molecule has 0 radical (unpaired) electrons. The normalized spacial score (nSPS) is 25.5. The smallest absolute Gasteiger partial charge is 0.140 e. The monoisotopic (exact) mass is 301 g/mol. The number of hydrogen-bond donors (Lipinski definition) is 2. The first-order valence-electron chi connectivity index (χ1n) is 7.05. The summed E-state index contributed by atoms with van der Waals surface area (Å²) in [7, 11) is 0. The highest BCUT2D eigenvalue weighted by Crippen LogP contribution is 2.11. The van der Waals surface area contributed by atoms with Crippen molar-refractivity contribution < 1.29 is 0 Å². The number of halogens is 1. The predicted molar refractivity (Wildman–Crippen MR) is 91.0 cm³/mol. The van der Waals surface area contributed by atoms with E-state index in [1.54, 1.807) is 6.08 Å². The summed E-state index contributed by atoms with van der Waals surface area (Å²) >= 11 is 5.91. The zero-order valence-electron chi connectivity index (χ0n) is 12.1. The number of rotatable bonds is 4. The van der Waals surface area contributed by atoms with Crippen LogP contribution < -0.4 is 10.6 Å². The average Bonchev–Trinajstić information content (AvgIpc) is 2.53. The highest BCUT2D eigenvalue weighted by molar-refractivity contribution is 6.31. The third-order valence-corrected chi connectivity index (χ3v) is 3.40. The molecule has 0 fully saturated rings. The lowest BCUT2D eigenvalue weighted by Crippen LogP contribution is -2.31. The number of allylic oxidation sites excluding steroid dienone is 8. The molecule has 0 saturated heterocycles. The molecule has 2 heterocycles. The minimum Gasteiger partial charge on any atom is -0.364 e. The Morgan fingerprint density at radius 2 is 2.43 bits per heavy atom. The van der Waals surface area contributed by atoms with E-state index in [0.717, 1.165) is 24.4 Å². The predicted octanol–water partition coefficient (Wildman–Crippen LogP) is 3.91. The SMILES string of the molecule is C=C/C(Cl)=C\C=C1/CC=CC(=NC2C=CC=C(CC)N2)N1. The minimum atomic E-state index is -0.0243. The highest BCUT2D eigenvalue weighted by atomic mass is 35.5. The molecule has 3 nitrogen and oxygen atoms in total. The number of dihydropyridines is 1. The van der Waals surface area contributed by atoms with Gasteiger partial charge in [0.05, 0.1) is 0 Å². The highest BCUT2D eigenvalue weighted by Gasteiger charge is 2.10. The van der Waals surface area contributed by atoms with Crippen LogP contribution in [0.25, 0.3) is 0 Å². The quantitative estimate of drug-likeness (QED) is 0.773. The molecule has 0 bridgehead atoms. The number of aliphatic imine (C=N–C) groups is 1. The molecule has 0 saturated carbocycles. The summed E-state index contributed by atoms with van der Waals surface area (Å²) in [6.07, 6.45) is 17.4. The van der Waals surface area contributed by atoms with E-state index in [0.29, 0.717) is 5.03 Å². The van der Waals surface area contributed by atoms with Crippen molar-refractivity contribution in [2.45, 2.75) is 25.9 Å². The Hall–Kier alpha value is -2.00. The van der Waals surface area contributed by atoms with Crippen LogP contribution in [0.1, 0.15) is 19.8 Å². The van der Waals surface area contributed by atoms with Gasteiger partial charge in [-0.25, -0.2) is 4.99 Å². The summed E-state index contributed by atoms with van der Waals surface area (Å²) < 4.78 is 0. The van der Waals surface area contributed by atoms with E-state index in [-0.39, 0.29) is 6.17 Å². The molecular formula is C17H20ClN3. The van der Waals surface area contributed by atoms with Crippen LogP contribution in [0, 0.1) is 0 Å². The summed E-state index contributed by atoms with van der Waals surface area (Å²) in [5.74, 6) is 0.843. The molecule has 2 rings (SSSR count). The van der Waals surface area contributed by atoms with Crippen molar-refractivity contribution in [1.29, 1.82) is 0 Å². The van der Waals surface area contributed by atoms with Gasteiger partial charge in [-0.1, -0.05) is 43.3 Å². The Balaban J connectivity index is 2.05. The first-order valence-corrected chi connectivity index (χ1v) is 7.43. The van der Waals surface area contributed by atoms with Crippen molar-refractivity contribution in [1.82, 2.24) is 10.6 Å². The van der Waals surface area contributed by atoms with Gasteiger partial charge in [-0.2, -0.15) is 0 Å². The van der Waals surface area contributed by atoms with Crippen LogP contribution in [0.2, 0.25) is 0 Å². The van der Waals surface area contributed by atoms with Gasteiger partial charge in [0.1, 0.15) is 12.0 Å². The zero-order chi connectivity index (χ0) is 15.1. The largest absolute Gasteiger partial charge is 0.364 e. The maximum atomic E-state index is 5.91. The van der Waals surface area contributed by atoms with Gasteiger partial charge in [0.25, 0.3) is 0 Å². The van der Waals surface area contributed by atoms with Crippen molar-refractivity contribution in [3.8, 4) is 0 Å². The summed E-state index contributed by atoms with van der Waals surface area (Å²) in [6.45, 7) is 5.75. The van der Waals surface area contributed by atoms with E-state index < -0.39 is 0 Å². The molecule has 21 heavy (non-hydrogen) atoms. The number of hydrogen-bond acceptors (Lipinski definition) is 2. The number of amidine groups is 1. The standard InChI is InChI=1S/C17H20ClN3/c1-3-13(18)11-12-15-8-6-10-17(20-15)21-16-9-5-7-14(4-2)19-16/h3,5-7,9-12,16,19H,1,4,8H2,2H3,(H,20,21)/b13-11+,15-12+. The van der Waals surface area contributed by atoms with E-state index in [1.165, 1.54) is 5.70 Å². The van der Waals surface area contributed by atoms with Gasteiger partial charge < -0.3 is 10.6 Å². The van der Waals surface area contributed by atoms with Crippen molar-refractivity contribution >= 4 is 17.4 Å². The first-order chi connectivity index (χ1) is 10.2. The van der Waals surface area contributed by atoms with Gasteiger partial charge >= 0.3 is 0 Å². The van der Waals surface area contributed by atoms with E-state index in [4.69, 9.17) is 11.6 Å². The average molecular weight is 302 g/mol. The molecule has 0 spiro atoms. The second-order valence-electron chi connectivity index (χ2n) is 4.71. The molecule has 110 valence electrons. The molecule has 2 N–H and O–H groups in total. The molecule has 0 aliphatic carbocycles. The van der Waals surface area contributed by atoms with Gasteiger partial charge in [-0.15, -0.1) is 0 Å². The van der Waals surface area contributed by atoms with E-state index >= 15 is 0 Å². The molecule has 2 aliphatic heterocycles. The molecule has 0 aromatic rings. The minimum absolute atomic E-state index is 0.0243. The Morgan fingerprint density at radius 1 is 1.57 bits per heavy atom. The molecular weight excluding hydrogens is 282 g/mol. The van der Waals surface area contributed by atoms with Gasteiger partial charge in [0, 0.05) is 22.8 Å². The lowest BCUT2D eigenvalue weighted by Gasteiger charge is -2.20. The summed E-state index contributed by atoms with van der Waals surface area (Å²) in [5, 5.41) is 7.30. The second kappa shape index (κ2) is 7.70. The fourth-order valence-corrected chi connectivity index (χ4v) is 2.06. The molecule has 4 heteroatoms. The Morgan fingerprint density at radius 3 is 3.19 bits per heavy atom. The molecule has 1 unspecified atom stereocenters. The van der Waals surface area contributed by atoms with E-state index in [1.807, 2.05) is 30.4 Å². The molecule has 1 atom stereocenters. The van der Waals surface area contributed by atoms with E-state index in [2.05, 4.69) is 41.3 Å². The lowest BCUT2D eigenvalue weighted by atomic mass is 10.2. The van der Waals surface area contributed by atoms with Gasteiger partial charge in [0.2, 0.25) is 0 Å². The van der Waals surface area contributed by atoms with Crippen LogP contribution in [0.15, 0.2) is 76.6 Å². The third kappa shape index (κ3) is 4.80. The van der Waals surface area contributed by atoms with Crippen molar-refractivity contribution in [2.24, 2.45) is 4.99 Å². The maximum Gasteiger partial charge on any atom is 0.140 e. The van der Waals surface area contributed by atoms with Crippen LogP contribution in [-0.2, 0) is 0 Å². The second-order valence-corrected chi connectivity index (χ2v) is 5.15. The Bertz CT molecular complexity index is 577. The van der Waals surface area contributed by atoms with Crippen LogP contribution in [0.4, 0.5) is 0 Å². The van der Waals surface area contributed by atoms with Gasteiger partial charge in [-0.3, -0.25) is 0 Å². The Labute approximate surface area is 131 Å². The van der Waals surface area contributed by atoms with Crippen molar-refractivity contribution in [2.75, 3.05) is 0 Å². The first kappa shape index (κ1) is 15.4. The fourth-order valence-electron chi connectivity index (χ4n) is 2.00. The van der Waals surface area contributed by atoms with E-state index in [9.17, 15) is 0 Å². The third-order valence-electron chi connectivity index (χ3n) is 3.12. The van der Waals surface area contributed by atoms with Crippen LogP contribution in [0.3, 0.4) is 0 Å². The molecule has 2 aliphatic rings. The van der Waals surface area contributed by atoms with Gasteiger partial charge in [-0.05, 0) is 36.8 Å². The van der Waals surface area contributed by atoms with Crippen LogP contribution >= 0.6 is 11.6 Å². The summed E-state index contributed by atoms with van der Waals surface area (Å²) in [5.41, 5.74) is 2.25. The Kier molecular flexibility index (Phi) is 5.64. The zero-order valence-corrected chi connectivity index (χ0v) is 12.9. The van der Waals surface area contributed by atoms with Crippen LogP contribution in [0.5, 0.6) is 0 Å². The lowest BCUT2D eigenvalue weighted by molar-refractivity contribution is 0.667. The number of nitrogens with one attached hydrogen (secondary N) is 2. The summed E-state index contributed by atoms with van der Waals surface area (Å²) in [4.78, 5) is 4.66. The summed E-state index contributed by atoms with van der Waals surface area (Å²) in [6, 6.07) is 0.